The Morgan fingerprint density at radius 1 is 0.769 bits per heavy atom. The van der Waals surface area contributed by atoms with Crippen LogP contribution in [-0.2, 0) is 0 Å². The van der Waals surface area contributed by atoms with Crippen LogP contribution in [0.3, 0.4) is 0 Å². The summed E-state index contributed by atoms with van der Waals surface area (Å²) in [5, 5.41) is 0. The van der Waals surface area contributed by atoms with Crippen LogP contribution in [0.25, 0.3) is 0 Å². The number of carbonyl (C=O) groups is 2. The smallest absolute Gasteiger partial charge is 0.186 e. The molecule has 3 heteroatoms. The number of benzene rings is 1. The van der Waals surface area contributed by atoms with Crippen LogP contribution in [0.5, 0.6) is 0 Å². The summed E-state index contributed by atoms with van der Waals surface area (Å²) >= 11 is 0. The van der Waals surface area contributed by atoms with Crippen LogP contribution in [0.15, 0.2) is 36.4 Å². The summed E-state index contributed by atoms with van der Waals surface area (Å²) in [6.45, 7) is 0. The molecule has 0 aromatic heterocycles. The van der Waals surface area contributed by atoms with E-state index in [1.54, 1.807) is 24.3 Å². The predicted molar refractivity (Wildman–Crippen MR) is 51.5 cm³/mol. The molecule has 0 spiro atoms. The number of carbonyl (C=O) groups excluding carboxylic acids is 2. The number of halogens is 1. The molecular formula is C10H7ClO2. The molecular weight excluding hydrogens is 188 g/mol. The molecule has 0 aliphatic heterocycles. The van der Waals surface area contributed by atoms with Crippen LogP contribution in [0.4, 0.5) is 0 Å². The van der Waals surface area contributed by atoms with Gasteiger partial charge in [0.25, 0.3) is 0 Å². The fourth-order valence-electron chi connectivity index (χ4n) is 1.24. The second-order valence-corrected chi connectivity index (χ2v) is 2.61. The Morgan fingerprint density at radius 3 is 1.54 bits per heavy atom. The predicted octanol–water partition coefficient (Wildman–Crippen LogP) is 2.04. The summed E-state index contributed by atoms with van der Waals surface area (Å²) in [7, 11) is 0. The van der Waals surface area contributed by atoms with Gasteiger partial charge in [0.15, 0.2) is 11.6 Å². The highest BCUT2D eigenvalue weighted by atomic mass is 35.5. The van der Waals surface area contributed by atoms with Crippen molar-refractivity contribution in [2.24, 2.45) is 0 Å². The summed E-state index contributed by atoms with van der Waals surface area (Å²) in [4.78, 5) is 22.4. The number of rotatable bonds is 0. The van der Waals surface area contributed by atoms with Crippen LogP contribution in [-0.4, -0.2) is 11.6 Å². The minimum Gasteiger partial charge on any atom is -0.289 e. The first-order chi connectivity index (χ1) is 5.79. The second kappa shape index (κ2) is 3.54. The fraction of sp³-hybridized carbons (Fsp3) is 0. The summed E-state index contributed by atoms with van der Waals surface area (Å²) in [6, 6.07) is 6.84. The number of hydrogen-bond donors (Lipinski definition) is 0. The number of fused-ring (bicyclic) bond motifs is 1. The topological polar surface area (TPSA) is 34.1 Å². The van der Waals surface area contributed by atoms with E-state index in [4.69, 9.17) is 0 Å². The van der Waals surface area contributed by atoms with E-state index in [9.17, 15) is 9.59 Å². The molecule has 1 aromatic carbocycles. The lowest BCUT2D eigenvalue weighted by molar-refractivity contribution is 0.0994. The van der Waals surface area contributed by atoms with Crippen molar-refractivity contribution < 1.29 is 9.59 Å². The third-order valence-corrected chi connectivity index (χ3v) is 1.84. The Labute approximate surface area is 81.7 Å². The average Bonchev–Trinajstić information content (AvgIpc) is 2.12. The molecule has 0 saturated heterocycles. The van der Waals surface area contributed by atoms with Crippen molar-refractivity contribution in [2.45, 2.75) is 0 Å². The largest absolute Gasteiger partial charge is 0.289 e. The quantitative estimate of drug-likeness (QED) is 0.634. The first-order valence-electron chi connectivity index (χ1n) is 3.65. The van der Waals surface area contributed by atoms with Crippen molar-refractivity contribution in [3.8, 4) is 0 Å². The average molecular weight is 195 g/mol. The molecule has 1 aliphatic rings. The Bertz CT molecular complexity index is 357. The van der Waals surface area contributed by atoms with Gasteiger partial charge in [0.05, 0.1) is 0 Å². The Hall–Kier alpha value is -1.41. The number of hydrogen-bond acceptors (Lipinski definition) is 2. The van der Waals surface area contributed by atoms with Gasteiger partial charge < -0.3 is 0 Å². The zero-order valence-corrected chi connectivity index (χ0v) is 7.51. The lowest BCUT2D eigenvalue weighted by Crippen LogP contribution is -2.10. The maximum Gasteiger partial charge on any atom is 0.186 e. The normalized spacial score (nSPS) is 13.5. The molecule has 0 bridgehead atoms. The van der Waals surface area contributed by atoms with Crippen molar-refractivity contribution in [2.75, 3.05) is 0 Å². The summed E-state index contributed by atoms with van der Waals surface area (Å²) < 4.78 is 0. The SMILES string of the molecule is Cl.O=C1C=CC(=O)c2ccccc21. The summed E-state index contributed by atoms with van der Waals surface area (Å²) in [5.41, 5.74) is 1.01. The van der Waals surface area contributed by atoms with Gasteiger partial charge in [-0.15, -0.1) is 12.4 Å². The van der Waals surface area contributed by atoms with Gasteiger partial charge in [-0.2, -0.15) is 0 Å². The third kappa shape index (κ3) is 1.53. The van der Waals surface area contributed by atoms with Gasteiger partial charge in [-0.1, -0.05) is 24.3 Å². The molecule has 0 fully saturated rings. The lowest BCUT2D eigenvalue weighted by atomic mass is 9.95. The molecule has 0 radical (unpaired) electrons. The first kappa shape index (κ1) is 9.68. The van der Waals surface area contributed by atoms with Crippen molar-refractivity contribution in [1.82, 2.24) is 0 Å². The molecule has 0 N–H and O–H groups in total. The minimum atomic E-state index is -0.0924. The van der Waals surface area contributed by atoms with Gasteiger partial charge in [-0.05, 0) is 12.2 Å². The Balaban J connectivity index is 0.000000845. The van der Waals surface area contributed by atoms with E-state index in [0.717, 1.165) is 0 Å². The van der Waals surface area contributed by atoms with E-state index < -0.39 is 0 Å². The fourth-order valence-corrected chi connectivity index (χ4v) is 1.24. The zero-order valence-electron chi connectivity index (χ0n) is 6.69. The van der Waals surface area contributed by atoms with Gasteiger partial charge in [0.1, 0.15) is 0 Å². The van der Waals surface area contributed by atoms with Gasteiger partial charge in [0.2, 0.25) is 0 Å². The van der Waals surface area contributed by atoms with Crippen molar-refractivity contribution in [1.29, 1.82) is 0 Å². The summed E-state index contributed by atoms with van der Waals surface area (Å²) in [6.07, 6.45) is 2.62. The second-order valence-electron chi connectivity index (χ2n) is 2.61. The van der Waals surface area contributed by atoms with E-state index in [2.05, 4.69) is 0 Å². The Morgan fingerprint density at radius 2 is 1.15 bits per heavy atom. The summed E-state index contributed by atoms with van der Waals surface area (Å²) in [5.74, 6) is -0.185. The van der Waals surface area contributed by atoms with E-state index in [-0.39, 0.29) is 24.0 Å². The van der Waals surface area contributed by atoms with Crippen LogP contribution in [0.1, 0.15) is 20.7 Å². The molecule has 0 unspecified atom stereocenters. The van der Waals surface area contributed by atoms with Crippen LogP contribution in [0, 0.1) is 0 Å². The number of ketones is 2. The molecule has 13 heavy (non-hydrogen) atoms. The Kier molecular flexibility index (Phi) is 2.63. The highest BCUT2D eigenvalue weighted by molar-refractivity contribution is 6.21. The first-order valence-corrected chi connectivity index (χ1v) is 3.65. The molecule has 1 aromatic rings. The van der Waals surface area contributed by atoms with Gasteiger partial charge in [0, 0.05) is 11.1 Å². The van der Waals surface area contributed by atoms with Crippen molar-refractivity contribution >= 4 is 24.0 Å². The highest BCUT2D eigenvalue weighted by Gasteiger charge is 2.16. The van der Waals surface area contributed by atoms with Gasteiger partial charge in [-0.25, -0.2) is 0 Å². The minimum absolute atomic E-state index is 0. The van der Waals surface area contributed by atoms with E-state index in [0.29, 0.717) is 11.1 Å². The molecule has 0 saturated carbocycles. The van der Waals surface area contributed by atoms with E-state index in [1.165, 1.54) is 12.2 Å². The molecule has 2 nitrogen and oxygen atoms in total. The third-order valence-electron chi connectivity index (χ3n) is 1.84. The van der Waals surface area contributed by atoms with Crippen LogP contribution in [0.2, 0.25) is 0 Å². The van der Waals surface area contributed by atoms with Crippen molar-refractivity contribution in [3.63, 3.8) is 0 Å². The standard InChI is InChI=1S/C10H6O2.ClH/c11-9-5-6-10(12)8-4-2-1-3-7(8)9;/h1-6H;1H. The highest BCUT2D eigenvalue weighted by Crippen LogP contribution is 2.15. The van der Waals surface area contributed by atoms with E-state index >= 15 is 0 Å². The van der Waals surface area contributed by atoms with Gasteiger partial charge in [-0.3, -0.25) is 9.59 Å². The molecule has 0 heterocycles. The lowest BCUT2D eigenvalue weighted by Gasteiger charge is -2.06. The molecule has 2 rings (SSSR count). The van der Waals surface area contributed by atoms with Gasteiger partial charge >= 0.3 is 0 Å². The van der Waals surface area contributed by atoms with Crippen LogP contribution < -0.4 is 0 Å². The molecule has 1 aliphatic carbocycles. The maximum atomic E-state index is 11.2. The maximum absolute atomic E-state index is 11.2. The monoisotopic (exact) mass is 194 g/mol. The molecule has 0 atom stereocenters. The zero-order chi connectivity index (χ0) is 8.55. The number of allylic oxidation sites excluding steroid dienone is 2. The van der Waals surface area contributed by atoms with E-state index in [1.807, 2.05) is 0 Å². The van der Waals surface area contributed by atoms with Crippen LogP contribution >= 0.6 is 12.4 Å². The molecule has 66 valence electrons. The van der Waals surface area contributed by atoms with Crippen molar-refractivity contribution in [3.05, 3.63) is 47.5 Å². The molecule has 0 amide bonds.